The molecule has 0 unspecified atom stereocenters. The number of ketones is 1. The standard InChI is InChI=1S/C16H19NO2/c18-15-6-8-17(9-7-15)16(19)11-12-4-5-13-2-1-3-14(13)10-12/h4-5,10H,1-3,6-9,11H2. The number of Topliss-reactive ketones (excluding diaryl/α,β-unsaturated/α-hetero) is 1. The highest BCUT2D eigenvalue weighted by Crippen LogP contribution is 2.23. The van der Waals surface area contributed by atoms with Crippen molar-refractivity contribution in [2.45, 2.75) is 38.5 Å². The Balaban J connectivity index is 1.64. The lowest BCUT2D eigenvalue weighted by atomic mass is 10.0. The van der Waals surface area contributed by atoms with E-state index >= 15 is 0 Å². The van der Waals surface area contributed by atoms with Gasteiger partial charge in [-0.3, -0.25) is 9.59 Å². The van der Waals surface area contributed by atoms with Crippen molar-refractivity contribution in [1.29, 1.82) is 0 Å². The average Bonchev–Trinajstić information content (AvgIpc) is 2.87. The van der Waals surface area contributed by atoms with Gasteiger partial charge < -0.3 is 4.90 Å². The van der Waals surface area contributed by atoms with Gasteiger partial charge in [-0.25, -0.2) is 0 Å². The molecule has 100 valence electrons. The average molecular weight is 257 g/mol. The van der Waals surface area contributed by atoms with Gasteiger partial charge in [0.15, 0.2) is 0 Å². The van der Waals surface area contributed by atoms with E-state index in [1.807, 2.05) is 4.90 Å². The van der Waals surface area contributed by atoms with Gasteiger partial charge in [0.2, 0.25) is 5.91 Å². The normalized spacial score (nSPS) is 18.5. The van der Waals surface area contributed by atoms with Crippen LogP contribution in [0.3, 0.4) is 0 Å². The van der Waals surface area contributed by atoms with E-state index in [1.54, 1.807) is 0 Å². The van der Waals surface area contributed by atoms with Crippen LogP contribution in [0.25, 0.3) is 0 Å². The van der Waals surface area contributed by atoms with E-state index in [2.05, 4.69) is 18.2 Å². The molecule has 0 atom stereocenters. The van der Waals surface area contributed by atoms with E-state index < -0.39 is 0 Å². The minimum Gasteiger partial charge on any atom is -0.342 e. The van der Waals surface area contributed by atoms with Gasteiger partial charge in [-0.2, -0.15) is 0 Å². The number of nitrogens with zero attached hydrogens (tertiary/aromatic N) is 1. The highest BCUT2D eigenvalue weighted by molar-refractivity contribution is 5.84. The van der Waals surface area contributed by atoms with E-state index in [4.69, 9.17) is 0 Å². The zero-order valence-corrected chi connectivity index (χ0v) is 11.2. The number of amides is 1. The Hall–Kier alpha value is -1.64. The minimum atomic E-state index is 0.158. The van der Waals surface area contributed by atoms with Crippen LogP contribution >= 0.6 is 0 Å². The third-order valence-corrected chi connectivity index (χ3v) is 4.19. The topological polar surface area (TPSA) is 37.4 Å². The number of hydrogen-bond acceptors (Lipinski definition) is 2. The van der Waals surface area contributed by atoms with Crippen LogP contribution in [0.1, 0.15) is 36.0 Å². The Morgan fingerprint density at radius 3 is 2.58 bits per heavy atom. The Bertz CT molecular complexity index is 511. The van der Waals surface area contributed by atoms with Crippen molar-refractivity contribution in [3.8, 4) is 0 Å². The van der Waals surface area contributed by atoms with Crippen molar-refractivity contribution < 1.29 is 9.59 Å². The first-order valence-corrected chi connectivity index (χ1v) is 7.12. The monoisotopic (exact) mass is 257 g/mol. The van der Waals surface area contributed by atoms with Gasteiger partial charge in [0.05, 0.1) is 6.42 Å². The molecule has 1 aliphatic carbocycles. The number of piperidine rings is 1. The Labute approximate surface area is 113 Å². The number of rotatable bonds is 2. The second-order valence-corrected chi connectivity index (χ2v) is 5.55. The van der Waals surface area contributed by atoms with Crippen LogP contribution in [0.15, 0.2) is 18.2 Å². The zero-order chi connectivity index (χ0) is 13.2. The first-order valence-electron chi connectivity index (χ1n) is 7.12. The zero-order valence-electron chi connectivity index (χ0n) is 11.2. The summed E-state index contributed by atoms with van der Waals surface area (Å²) in [5, 5.41) is 0. The largest absolute Gasteiger partial charge is 0.342 e. The molecule has 19 heavy (non-hydrogen) atoms. The molecule has 0 aromatic heterocycles. The first kappa shape index (κ1) is 12.4. The van der Waals surface area contributed by atoms with Crippen LogP contribution in [0.2, 0.25) is 0 Å². The SMILES string of the molecule is O=C1CCN(C(=O)Cc2ccc3c(c2)CCC3)CC1. The van der Waals surface area contributed by atoms with Crippen molar-refractivity contribution in [1.82, 2.24) is 4.90 Å². The van der Waals surface area contributed by atoms with Crippen LogP contribution in [-0.2, 0) is 28.9 Å². The highest BCUT2D eigenvalue weighted by Gasteiger charge is 2.21. The van der Waals surface area contributed by atoms with Gasteiger partial charge in [0, 0.05) is 25.9 Å². The van der Waals surface area contributed by atoms with Crippen molar-refractivity contribution in [2.75, 3.05) is 13.1 Å². The summed E-state index contributed by atoms with van der Waals surface area (Å²) in [6, 6.07) is 6.44. The molecule has 3 rings (SSSR count). The number of benzene rings is 1. The van der Waals surface area contributed by atoms with Gasteiger partial charge in [-0.15, -0.1) is 0 Å². The molecule has 1 aliphatic heterocycles. The van der Waals surface area contributed by atoms with Gasteiger partial charge >= 0.3 is 0 Å². The molecule has 1 aromatic carbocycles. The predicted molar refractivity (Wildman–Crippen MR) is 73.0 cm³/mol. The second kappa shape index (κ2) is 5.16. The summed E-state index contributed by atoms with van der Waals surface area (Å²) in [6.07, 6.45) is 5.08. The van der Waals surface area contributed by atoms with Crippen molar-refractivity contribution in [3.05, 3.63) is 34.9 Å². The molecule has 0 saturated carbocycles. The van der Waals surface area contributed by atoms with Gasteiger partial charge in [-0.1, -0.05) is 18.2 Å². The number of carbonyl (C=O) groups is 2. The quantitative estimate of drug-likeness (QED) is 0.811. The van der Waals surface area contributed by atoms with E-state index in [0.717, 1.165) is 12.0 Å². The first-order chi connectivity index (χ1) is 9.22. The fraction of sp³-hybridized carbons (Fsp3) is 0.500. The lowest BCUT2D eigenvalue weighted by molar-refractivity contribution is -0.133. The molecular formula is C16H19NO2. The maximum atomic E-state index is 12.2. The third-order valence-electron chi connectivity index (χ3n) is 4.19. The molecule has 1 fully saturated rings. The maximum absolute atomic E-state index is 12.2. The van der Waals surface area contributed by atoms with Gasteiger partial charge in [0.25, 0.3) is 0 Å². The summed E-state index contributed by atoms with van der Waals surface area (Å²) in [5.41, 5.74) is 3.97. The summed E-state index contributed by atoms with van der Waals surface area (Å²) in [6.45, 7) is 1.20. The molecular weight excluding hydrogens is 238 g/mol. The molecule has 3 heteroatoms. The number of aryl methyl sites for hydroxylation is 2. The molecule has 0 bridgehead atoms. The van der Waals surface area contributed by atoms with E-state index in [0.29, 0.717) is 32.4 Å². The van der Waals surface area contributed by atoms with Crippen molar-refractivity contribution in [3.63, 3.8) is 0 Å². The van der Waals surface area contributed by atoms with Crippen LogP contribution in [0, 0.1) is 0 Å². The predicted octanol–water partition coefficient (Wildman–Crippen LogP) is 1.91. The fourth-order valence-electron chi connectivity index (χ4n) is 3.03. The van der Waals surface area contributed by atoms with Gasteiger partial charge in [-0.05, 0) is 36.0 Å². The third kappa shape index (κ3) is 2.70. The number of hydrogen-bond donors (Lipinski definition) is 0. The molecule has 3 nitrogen and oxygen atoms in total. The lowest BCUT2D eigenvalue weighted by Crippen LogP contribution is -2.39. The molecule has 1 saturated heterocycles. The van der Waals surface area contributed by atoms with E-state index in [1.165, 1.54) is 24.0 Å². The van der Waals surface area contributed by atoms with Crippen LogP contribution in [-0.4, -0.2) is 29.7 Å². The maximum Gasteiger partial charge on any atom is 0.227 e. The smallest absolute Gasteiger partial charge is 0.227 e. The lowest BCUT2D eigenvalue weighted by Gasteiger charge is -2.26. The van der Waals surface area contributed by atoms with Crippen LogP contribution < -0.4 is 0 Å². The molecule has 1 aromatic rings. The molecule has 0 N–H and O–H groups in total. The number of fused-ring (bicyclic) bond motifs is 1. The number of carbonyl (C=O) groups excluding carboxylic acids is 2. The fourth-order valence-corrected chi connectivity index (χ4v) is 3.03. The van der Waals surface area contributed by atoms with Crippen molar-refractivity contribution in [2.24, 2.45) is 0 Å². The van der Waals surface area contributed by atoms with Crippen LogP contribution in [0.5, 0.6) is 0 Å². The second-order valence-electron chi connectivity index (χ2n) is 5.55. The Morgan fingerprint density at radius 1 is 1.05 bits per heavy atom. The number of likely N-dealkylation sites (tertiary alicyclic amines) is 1. The van der Waals surface area contributed by atoms with E-state index in [9.17, 15) is 9.59 Å². The summed E-state index contributed by atoms with van der Waals surface area (Å²) in [5.74, 6) is 0.437. The molecule has 0 spiro atoms. The highest BCUT2D eigenvalue weighted by atomic mass is 16.2. The van der Waals surface area contributed by atoms with Gasteiger partial charge in [0.1, 0.15) is 5.78 Å². The minimum absolute atomic E-state index is 0.158. The van der Waals surface area contributed by atoms with E-state index in [-0.39, 0.29) is 11.7 Å². The van der Waals surface area contributed by atoms with Crippen LogP contribution in [0.4, 0.5) is 0 Å². The summed E-state index contributed by atoms with van der Waals surface area (Å²) in [7, 11) is 0. The summed E-state index contributed by atoms with van der Waals surface area (Å²) >= 11 is 0. The Kier molecular flexibility index (Phi) is 3.36. The molecule has 1 amide bonds. The molecule has 1 heterocycles. The summed E-state index contributed by atoms with van der Waals surface area (Å²) in [4.78, 5) is 25.2. The molecule has 2 aliphatic rings. The Morgan fingerprint density at radius 2 is 1.79 bits per heavy atom. The molecule has 0 radical (unpaired) electrons. The summed E-state index contributed by atoms with van der Waals surface area (Å²) < 4.78 is 0. The van der Waals surface area contributed by atoms with Crippen molar-refractivity contribution >= 4 is 11.7 Å².